The van der Waals surface area contributed by atoms with E-state index in [9.17, 15) is 5.11 Å². The van der Waals surface area contributed by atoms with Gasteiger partial charge in [-0.2, -0.15) is 0 Å². The lowest BCUT2D eigenvalue weighted by Crippen LogP contribution is -2.32. The van der Waals surface area contributed by atoms with Gasteiger partial charge in [-0.15, -0.1) is 0 Å². The van der Waals surface area contributed by atoms with E-state index in [0.717, 1.165) is 28.0 Å². The zero-order valence-electron chi connectivity index (χ0n) is 20.2. The summed E-state index contributed by atoms with van der Waals surface area (Å²) in [5.74, 6) is 2.22. The van der Waals surface area contributed by atoms with Gasteiger partial charge in [-0.05, 0) is 53.1 Å². The molecule has 0 aromatic heterocycles. The molecule has 0 amide bonds. The van der Waals surface area contributed by atoms with Gasteiger partial charge in [-0.1, -0.05) is 18.2 Å². The smallest absolute Gasteiger partial charge is 0.279 e. The van der Waals surface area contributed by atoms with E-state index in [4.69, 9.17) is 28.4 Å². The van der Waals surface area contributed by atoms with Crippen molar-refractivity contribution in [2.75, 3.05) is 40.0 Å². The van der Waals surface area contributed by atoms with Crippen LogP contribution in [0.15, 0.2) is 66.1 Å². The summed E-state index contributed by atoms with van der Waals surface area (Å²) >= 11 is 0. The molecule has 0 bridgehead atoms. The number of nitrogens with one attached hydrogen (secondary N) is 1. The summed E-state index contributed by atoms with van der Waals surface area (Å²) < 4.78 is 34.3. The number of fused-ring (bicyclic) bond motifs is 3. The average molecular weight is 490 g/mol. The number of hydrogen-bond acceptors (Lipinski definition) is 8. The molecule has 36 heavy (non-hydrogen) atoms. The van der Waals surface area contributed by atoms with Crippen molar-refractivity contribution < 1.29 is 33.5 Å². The molecule has 6 rings (SSSR count). The van der Waals surface area contributed by atoms with Crippen LogP contribution in [0.1, 0.15) is 28.7 Å². The topological polar surface area (TPSA) is 87.6 Å². The van der Waals surface area contributed by atoms with E-state index in [0.29, 0.717) is 35.6 Å². The summed E-state index contributed by atoms with van der Waals surface area (Å²) in [6.07, 6.45) is 0. The molecule has 8 heteroatoms. The van der Waals surface area contributed by atoms with Crippen LogP contribution >= 0.6 is 0 Å². The molecule has 3 aliphatic rings. The third kappa shape index (κ3) is 3.44. The second kappa shape index (κ2) is 8.78. The second-order valence-electron chi connectivity index (χ2n) is 8.89. The molecule has 2 aliphatic heterocycles. The lowest BCUT2D eigenvalue weighted by Gasteiger charge is -2.38. The highest BCUT2D eigenvalue weighted by molar-refractivity contribution is 5.63. The third-order valence-electron chi connectivity index (χ3n) is 7.08. The van der Waals surface area contributed by atoms with E-state index in [2.05, 4.69) is 11.4 Å². The van der Waals surface area contributed by atoms with Crippen molar-refractivity contribution >= 4 is 5.69 Å². The minimum Gasteiger partial charge on any atom is -0.502 e. The molecule has 2 heterocycles. The number of benzene rings is 3. The molecule has 3 aromatic carbocycles. The highest BCUT2D eigenvalue weighted by atomic mass is 16.7. The van der Waals surface area contributed by atoms with Crippen LogP contribution in [0.2, 0.25) is 0 Å². The first kappa shape index (κ1) is 22.3. The van der Waals surface area contributed by atoms with Crippen molar-refractivity contribution in [3.63, 3.8) is 0 Å². The molecule has 3 atom stereocenters. The molecular weight excluding hydrogens is 462 g/mol. The van der Waals surface area contributed by atoms with Gasteiger partial charge in [0.1, 0.15) is 6.61 Å². The minimum absolute atomic E-state index is 0.0242. The van der Waals surface area contributed by atoms with Gasteiger partial charge in [0, 0.05) is 23.1 Å². The number of methoxy groups -OCH3 is 3. The van der Waals surface area contributed by atoms with E-state index in [-0.39, 0.29) is 30.4 Å². The number of anilines is 1. The maximum absolute atomic E-state index is 10.6. The van der Waals surface area contributed by atoms with Gasteiger partial charge in [0.25, 0.3) is 5.95 Å². The number of phenolic OH excluding ortho intramolecular Hbond substituents is 1. The van der Waals surface area contributed by atoms with Crippen LogP contribution in [0.3, 0.4) is 0 Å². The van der Waals surface area contributed by atoms with E-state index in [1.54, 1.807) is 7.11 Å². The zero-order chi connectivity index (χ0) is 24.8. The highest BCUT2D eigenvalue weighted by Crippen LogP contribution is 2.56. The van der Waals surface area contributed by atoms with Crippen molar-refractivity contribution in [1.29, 1.82) is 0 Å². The van der Waals surface area contributed by atoms with Crippen LogP contribution in [0.25, 0.3) is 0 Å². The fraction of sp³-hybridized carbons (Fsp3) is 0.286. The van der Waals surface area contributed by atoms with Gasteiger partial charge in [-0.25, -0.2) is 0 Å². The number of ether oxygens (including phenoxy) is 6. The number of phenols is 1. The van der Waals surface area contributed by atoms with E-state index >= 15 is 0 Å². The molecule has 1 aliphatic carbocycles. The average Bonchev–Trinajstić information content (AvgIpc) is 3.55. The van der Waals surface area contributed by atoms with Gasteiger partial charge >= 0.3 is 0 Å². The minimum atomic E-state index is -0.255. The maximum atomic E-state index is 10.6. The van der Waals surface area contributed by atoms with Crippen molar-refractivity contribution in [3.8, 4) is 28.7 Å². The maximum Gasteiger partial charge on any atom is 0.279 e. The number of hydrogen-bond donors (Lipinski definition) is 2. The lowest BCUT2D eigenvalue weighted by atomic mass is 9.68. The normalized spacial score (nSPS) is 21.4. The van der Waals surface area contributed by atoms with Crippen LogP contribution < -0.4 is 24.3 Å². The van der Waals surface area contributed by atoms with E-state index in [1.807, 2.05) is 48.5 Å². The monoisotopic (exact) mass is 489 g/mol. The molecular formula is C28H27NO7. The molecule has 0 unspecified atom stereocenters. The van der Waals surface area contributed by atoms with Crippen LogP contribution in [0, 0.1) is 5.92 Å². The molecule has 0 saturated heterocycles. The van der Waals surface area contributed by atoms with Gasteiger partial charge in [-0.3, -0.25) is 0 Å². The third-order valence-corrected chi connectivity index (χ3v) is 7.08. The van der Waals surface area contributed by atoms with Crippen molar-refractivity contribution in [2.45, 2.75) is 12.0 Å². The summed E-state index contributed by atoms with van der Waals surface area (Å²) in [7, 11) is 4.66. The molecule has 3 aromatic rings. The molecule has 8 nitrogen and oxygen atoms in total. The van der Waals surface area contributed by atoms with Gasteiger partial charge in [0.2, 0.25) is 12.5 Å². The number of rotatable bonds is 6. The Balaban J connectivity index is 1.59. The standard InChI is InChI=1S/C28H27NO7/c1-31-22-9-15(10-23(32-2)27(22)30)24-17-11-20-21(36-14-35-20)12-18(17)26(29-16-7-5-4-6-8-16)19-13-34-28(33-3)25(19)24/h4-12,19,24,26,29-30H,13-14H2,1-3H3/t19-,24+,26+/m0/s1. The van der Waals surface area contributed by atoms with Crippen LogP contribution in [0.5, 0.6) is 28.7 Å². The van der Waals surface area contributed by atoms with E-state index < -0.39 is 0 Å². The van der Waals surface area contributed by atoms with Crippen molar-refractivity contribution in [3.05, 3.63) is 82.8 Å². The fourth-order valence-corrected chi connectivity index (χ4v) is 5.48. The number of para-hydroxylation sites is 1. The molecule has 0 spiro atoms. The molecule has 0 fully saturated rings. The van der Waals surface area contributed by atoms with Crippen LogP contribution in [-0.4, -0.2) is 39.8 Å². The van der Waals surface area contributed by atoms with Crippen LogP contribution in [-0.2, 0) is 9.47 Å². The summed E-state index contributed by atoms with van der Waals surface area (Å²) in [6.45, 7) is 0.638. The fourth-order valence-electron chi connectivity index (χ4n) is 5.48. The Bertz CT molecular complexity index is 1310. The van der Waals surface area contributed by atoms with Gasteiger partial charge in [0.15, 0.2) is 23.0 Å². The Morgan fingerprint density at radius 2 is 1.50 bits per heavy atom. The van der Waals surface area contributed by atoms with Crippen molar-refractivity contribution in [1.82, 2.24) is 0 Å². The molecule has 186 valence electrons. The Labute approximate surface area is 209 Å². The Morgan fingerprint density at radius 3 is 2.14 bits per heavy atom. The first-order chi connectivity index (χ1) is 17.6. The van der Waals surface area contributed by atoms with Crippen LogP contribution in [0.4, 0.5) is 5.69 Å². The van der Waals surface area contributed by atoms with Gasteiger partial charge < -0.3 is 38.8 Å². The molecule has 0 saturated carbocycles. The predicted molar refractivity (Wildman–Crippen MR) is 132 cm³/mol. The summed E-state index contributed by atoms with van der Waals surface area (Å²) in [5, 5.41) is 14.3. The second-order valence-corrected chi connectivity index (χ2v) is 8.89. The van der Waals surface area contributed by atoms with Gasteiger partial charge in [0.05, 0.1) is 27.4 Å². The Kier molecular flexibility index (Phi) is 5.44. The summed E-state index contributed by atoms with van der Waals surface area (Å²) in [6, 6.07) is 17.7. The first-order valence-corrected chi connectivity index (χ1v) is 11.7. The Morgan fingerprint density at radius 1 is 0.833 bits per heavy atom. The molecule has 0 radical (unpaired) electrons. The largest absolute Gasteiger partial charge is 0.502 e. The highest BCUT2D eigenvalue weighted by Gasteiger charge is 2.47. The lowest BCUT2D eigenvalue weighted by molar-refractivity contribution is 0.0745. The first-order valence-electron chi connectivity index (χ1n) is 11.7. The SMILES string of the molecule is COC1=C2[C@H](c3cc(OC)c(O)c(OC)c3)c3cc4c(cc3[C@@H](Nc3ccccc3)[C@H]2CO1)OCO4. The van der Waals surface area contributed by atoms with Crippen molar-refractivity contribution in [2.24, 2.45) is 5.92 Å². The number of aromatic hydroxyl groups is 1. The summed E-state index contributed by atoms with van der Waals surface area (Å²) in [4.78, 5) is 0. The zero-order valence-corrected chi connectivity index (χ0v) is 20.2. The van der Waals surface area contributed by atoms with E-state index in [1.165, 1.54) is 14.2 Å². The summed E-state index contributed by atoms with van der Waals surface area (Å²) in [5.41, 5.74) is 4.98. The Hall–Kier alpha value is -4.20. The molecule has 2 N–H and O–H groups in total. The quantitative estimate of drug-likeness (QED) is 0.504. The predicted octanol–water partition coefficient (Wildman–Crippen LogP) is 4.94.